The Hall–Kier alpha value is -1.68. The highest BCUT2D eigenvalue weighted by molar-refractivity contribution is 6.74. The van der Waals surface area contributed by atoms with Crippen molar-refractivity contribution in [2.75, 3.05) is 0 Å². The monoisotopic (exact) mass is 368 g/mol. The number of aliphatic hydroxyl groups excluding tert-OH is 1. The van der Waals surface area contributed by atoms with Crippen molar-refractivity contribution in [3.63, 3.8) is 0 Å². The normalized spacial score (nSPS) is 14.7. The van der Waals surface area contributed by atoms with Crippen molar-refractivity contribution in [3.05, 3.63) is 83.9 Å². The molecule has 0 fully saturated rings. The summed E-state index contributed by atoms with van der Waals surface area (Å²) >= 11 is 0. The third-order valence-electron chi connectivity index (χ3n) is 5.33. The Balaban J connectivity index is 2.25. The van der Waals surface area contributed by atoms with Crippen LogP contribution in [0.1, 0.15) is 50.5 Å². The lowest BCUT2D eigenvalue weighted by atomic mass is 9.95. The average molecular weight is 369 g/mol. The molecule has 2 aromatic carbocycles. The van der Waals surface area contributed by atoms with E-state index in [1.54, 1.807) is 0 Å². The molecule has 0 unspecified atom stereocenters. The molecule has 2 rings (SSSR count). The topological polar surface area (TPSA) is 29.5 Å². The molecule has 2 aromatic rings. The van der Waals surface area contributed by atoms with Crippen LogP contribution in [0, 0.1) is 0 Å². The molecule has 2 nitrogen and oxygen atoms in total. The molecule has 3 heteroatoms. The Kier molecular flexibility index (Phi) is 6.62. The summed E-state index contributed by atoms with van der Waals surface area (Å²) in [5, 5.41) is 10.7. The minimum absolute atomic E-state index is 0.109. The zero-order chi connectivity index (χ0) is 19.4. The molecular weight excluding hydrogens is 336 g/mol. The van der Waals surface area contributed by atoms with E-state index in [2.05, 4.69) is 52.6 Å². The van der Waals surface area contributed by atoms with Gasteiger partial charge in [-0.1, -0.05) is 88.0 Å². The van der Waals surface area contributed by atoms with Gasteiger partial charge < -0.3 is 9.53 Å². The molecule has 140 valence electrons. The lowest BCUT2D eigenvalue weighted by Crippen LogP contribution is -2.42. The highest BCUT2D eigenvalue weighted by Gasteiger charge is 2.40. The molecular formula is C23H32O2Si. The van der Waals surface area contributed by atoms with Gasteiger partial charge >= 0.3 is 0 Å². The van der Waals surface area contributed by atoms with Gasteiger partial charge in [0, 0.05) is 6.42 Å². The van der Waals surface area contributed by atoms with Crippen molar-refractivity contribution < 1.29 is 9.53 Å². The van der Waals surface area contributed by atoms with Crippen LogP contribution in [-0.4, -0.2) is 13.4 Å². The van der Waals surface area contributed by atoms with Gasteiger partial charge in [-0.25, -0.2) is 0 Å². The SMILES string of the molecule is C=C(C[C@@H](O)c1ccccc1)[C@H](O[Si](C)(C)C(C)(C)C)c1ccccc1. The van der Waals surface area contributed by atoms with Crippen LogP contribution >= 0.6 is 0 Å². The van der Waals surface area contributed by atoms with Gasteiger partial charge in [0.25, 0.3) is 0 Å². The molecule has 0 radical (unpaired) electrons. The maximum atomic E-state index is 10.6. The number of rotatable bonds is 7. The Morgan fingerprint density at radius 3 is 1.88 bits per heavy atom. The minimum atomic E-state index is -1.99. The van der Waals surface area contributed by atoms with E-state index in [0.717, 1.165) is 16.7 Å². The van der Waals surface area contributed by atoms with Gasteiger partial charge in [-0.2, -0.15) is 0 Å². The second kappa shape index (κ2) is 8.34. The lowest BCUT2D eigenvalue weighted by molar-refractivity contribution is 0.156. The van der Waals surface area contributed by atoms with E-state index >= 15 is 0 Å². The Bertz CT molecular complexity index is 702. The fourth-order valence-electron chi connectivity index (χ4n) is 2.63. The third kappa shape index (κ3) is 5.16. The maximum Gasteiger partial charge on any atom is 0.193 e. The second-order valence-electron chi connectivity index (χ2n) is 8.46. The van der Waals surface area contributed by atoms with Crippen LogP contribution in [-0.2, 0) is 4.43 Å². The van der Waals surface area contributed by atoms with E-state index < -0.39 is 14.4 Å². The molecule has 1 N–H and O–H groups in total. The summed E-state index contributed by atoms with van der Waals surface area (Å²) in [5.74, 6) is 0. The van der Waals surface area contributed by atoms with Crippen molar-refractivity contribution in [2.45, 2.75) is 57.5 Å². The van der Waals surface area contributed by atoms with Crippen molar-refractivity contribution in [2.24, 2.45) is 0 Å². The predicted molar refractivity (Wildman–Crippen MR) is 113 cm³/mol. The van der Waals surface area contributed by atoms with Crippen molar-refractivity contribution in [1.29, 1.82) is 0 Å². The van der Waals surface area contributed by atoms with Crippen molar-refractivity contribution >= 4 is 8.32 Å². The van der Waals surface area contributed by atoms with E-state index in [1.807, 2.05) is 48.5 Å². The van der Waals surface area contributed by atoms with Crippen LogP contribution in [0.4, 0.5) is 0 Å². The molecule has 0 spiro atoms. The molecule has 0 saturated heterocycles. The van der Waals surface area contributed by atoms with Gasteiger partial charge in [-0.15, -0.1) is 0 Å². The third-order valence-corrected chi connectivity index (χ3v) is 9.77. The molecule has 0 aliphatic rings. The zero-order valence-corrected chi connectivity index (χ0v) is 17.7. The fraction of sp³-hybridized carbons (Fsp3) is 0.391. The molecule has 26 heavy (non-hydrogen) atoms. The summed E-state index contributed by atoms with van der Waals surface area (Å²) in [5.41, 5.74) is 2.92. The van der Waals surface area contributed by atoms with Crippen LogP contribution < -0.4 is 0 Å². The number of aliphatic hydroxyl groups is 1. The fourth-order valence-corrected chi connectivity index (χ4v) is 3.88. The van der Waals surface area contributed by atoms with E-state index in [0.29, 0.717) is 6.42 Å². The lowest BCUT2D eigenvalue weighted by Gasteiger charge is -2.40. The summed E-state index contributed by atoms with van der Waals surface area (Å²) < 4.78 is 6.72. The smallest absolute Gasteiger partial charge is 0.193 e. The second-order valence-corrected chi connectivity index (χ2v) is 13.2. The number of benzene rings is 2. The van der Waals surface area contributed by atoms with Crippen molar-refractivity contribution in [1.82, 2.24) is 0 Å². The van der Waals surface area contributed by atoms with Gasteiger partial charge in [-0.3, -0.25) is 0 Å². The summed E-state index contributed by atoms with van der Waals surface area (Å²) in [6, 6.07) is 20.0. The van der Waals surface area contributed by atoms with Gasteiger partial charge in [0.2, 0.25) is 0 Å². The van der Waals surface area contributed by atoms with Crippen LogP contribution in [0.2, 0.25) is 18.1 Å². The predicted octanol–water partition coefficient (Wildman–Crippen LogP) is 6.43. The molecule has 2 atom stereocenters. The molecule has 0 heterocycles. The van der Waals surface area contributed by atoms with Crippen molar-refractivity contribution in [3.8, 4) is 0 Å². The Morgan fingerprint density at radius 1 is 0.962 bits per heavy atom. The first-order valence-electron chi connectivity index (χ1n) is 9.25. The zero-order valence-electron chi connectivity index (χ0n) is 16.7. The summed E-state index contributed by atoms with van der Waals surface area (Å²) in [7, 11) is -1.99. The summed E-state index contributed by atoms with van der Waals surface area (Å²) in [4.78, 5) is 0. The van der Waals surface area contributed by atoms with Crippen LogP contribution in [0.3, 0.4) is 0 Å². The van der Waals surface area contributed by atoms with Crippen LogP contribution in [0.5, 0.6) is 0 Å². The highest BCUT2D eigenvalue weighted by atomic mass is 28.4. The Morgan fingerprint density at radius 2 is 1.42 bits per heavy atom. The number of hydrogen-bond donors (Lipinski definition) is 1. The van der Waals surface area contributed by atoms with Crippen LogP contribution in [0.15, 0.2) is 72.8 Å². The summed E-state index contributed by atoms with van der Waals surface area (Å²) in [6.45, 7) is 15.5. The molecule has 0 aliphatic heterocycles. The molecule has 0 aromatic heterocycles. The minimum Gasteiger partial charge on any atom is -0.406 e. The van der Waals surface area contributed by atoms with Gasteiger partial charge in [-0.05, 0) is 34.8 Å². The molecule has 0 aliphatic carbocycles. The molecule has 0 saturated carbocycles. The first-order valence-corrected chi connectivity index (χ1v) is 12.2. The van der Waals surface area contributed by atoms with Gasteiger partial charge in [0.05, 0.1) is 12.2 Å². The first-order chi connectivity index (χ1) is 12.1. The van der Waals surface area contributed by atoms with Gasteiger partial charge in [0.1, 0.15) is 0 Å². The molecule has 0 amide bonds. The molecule has 0 bridgehead atoms. The van der Waals surface area contributed by atoms with E-state index in [4.69, 9.17) is 4.43 Å². The van der Waals surface area contributed by atoms with Crippen LogP contribution in [0.25, 0.3) is 0 Å². The standard InChI is InChI=1S/C23H32O2Si/c1-18(17-21(24)19-13-9-7-10-14-19)22(20-15-11-8-12-16-20)25-26(5,6)23(2,3)4/h7-16,21-22,24H,1,17H2,2-6H3/t21-,22+/m1/s1. The first kappa shape index (κ1) is 20.6. The van der Waals surface area contributed by atoms with Gasteiger partial charge in [0.15, 0.2) is 8.32 Å². The highest BCUT2D eigenvalue weighted by Crippen LogP contribution is 2.42. The van der Waals surface area contributed by atoms with E-state index in [9.17, 15) is 5.11 Å². The summed E-state index contributed by atoms with van der Waals surface area (Å²) in [6.07, 6.45) is -0.286. The quantitative estimate of drug-likeness (QED) is 0.451. The van der Waals surface area contributed by atoms with E-state index in [1.165, 1.54) is 0 Å². The average Bonchev–Trinajstić information content (AvgIpc) is 2.60. The number of hydrogen-bond acceptors (Lipinski definition) is 2. The maximum absolute atomic E-state index is 10.6. The largest absolute Gasteiger partial charge is 0.406 e. The Labute approximate surface area is 159 Å². The van der Waals surface area contributed by atoms with E-state index in [-0.39, 0.29) is 11.1 Å².